The minimum absolute atomic E-state index is 0.208. The van der Waals surface area contributed by atoms with E-state index in [0.717, 1.165) is 6.42 Å². The van der Waals surface area contributed by atoms with Crippen molar-refractivity contribution in [2.75, 3.05) is 13.6 Å². The van der Waals surface area contributed by atoms with Crippen molar-refractivity contribution in [3.63, 3.8) is 0 Å². The van der Waals surface area contributed by atoms with Crippen molar-refractivity contribution in [1.82, 2.24) is 4.90 Å². The second-order valence-corrected chi connectivity index (χ2v) is 6.55. The highest BCUT2D eigenvalue weighted by Crippen LogP contribution is 2.26. The molecule has 2 atom stereocenters. The van der Waals surface area contributed by atoms with Crippen LogP contribution in [0.5, 0.6) is 0 Å². The zero-order chi connectivity index (χ0) is 14.6. The number of rotatable bonds is 5. The van der Waals surface area contributed by atoms with Crippen LogP contribution in [0, 0.1) is 0 Å². The largest absolute Gasteiger partial charge is 0.329 e. The fraction of sp³-hybridized carbons (Fsp3) is 0.647. The molecule has 0 heterocycles. The molecule has 0 spiro atoms. The summed E-state index contributed by atoms with van der Waals surface area (Å²) in [5, 5.41) is 0. The maximum absolute atomic E-state index is 5.98. The van der Waals surface area contributed by atoms with Gasteiger partial charge in [0, 0.05) is 18.6 Å². The molecule has 2 unspecified atom stereocenters. The van der Waals surface area contributed by atoms with Crippen LogP contribution in [0.3, 0.4) is 0 Å². The Kier molecular flexibility index (Phi) is 5.57. The lowest BCUT2D eigenvalue weighted by atomic mass is 9.86. The smallest absolute Gasteiger partial charge is 0.0470 e. The van der Waals surface area contributed by atoms with Crippen LogP contribution in [0.4, 0.5) is 0 Å². The molecule has 0 amide bonds. The summed E-state index contributed by atoms with van der Waals surface area (Å²) < 4.78 is 0. The Morgan fingerprint density at radius 2 is 1.68 bits per heavy atom. The van der Waals surface area contributed by atoms with Gasteiger partial charge in [0.25, 0.3) is 0 Å². The summed E-state index contributed by atoms with van der Waals surface area (Å²) in [5.41, 5.74) is 8.88. The molecule has 2 heteroatoms. The van der Waals surface area contributed by atoms with Gasteiger partial charge in [0.2, 0.25) is 0 Å². The van der Waals surface area contributed by atoms with Crippen molar-refractivity contribution in [3.8, 4) is 0 Å². The molecular formula is C17H30N2. The van der Waals surface area contributed by atoms with Gasteiger partial charge in [-0.1, -0.05) is 52.0 Å². The summed E-state index contributed by atoms with van der Waals surface area (Å²) in [7, 11) is 2.17. The highest BCUT2D eigenvalue weighted by Gasteiger charge is 2.20. The van der Waals surface area contributed by atoms with Gasteiger partial charge in [0.15, 0.2) is 0 Å². The molecule has 108 valence electrons. The van der Waals surface area contributed by atoms with Gasteiger partial charge in [-0.05, 0) is 36.9 Å². The van der Waals surface area contributed by atoms with Crippen LogP contribution in [-0.2, 0) is 5.41 Å². The Labute approximate surface area is 119 Å². The van der Waals surface area contributed by atoms with E-state index in [2.05, 4.69) is 70.8 Å². The Morgan fingerprint density at radius 3 is 2.05 bits per heavy atom. The van der Waals surface area contributed by atoms with E-state index in [-0.39, 0.29) is 5.41 Å². The van der Waals surface area contributed by atoms with Crippen LogP contribution in [-0.4, -0.2) is 24.5 Å². The number of likely N-dealkylation sites (N-methyl/N-ethyl adjacent to an activating group) is 1. The lowest BCUT2D eigenvalue weighted by Gasteiger charge is -2.32. The van der Waals surface area contributed by atoms with Gasteiger partial charge in [-0.3, -0.25) is 4.90 Å². The minimum Gasteiger partial charge on any atom is -0.329 e. The number of benzene rings is 1. The summed E-state index contributed by atoms with van der Waals surface area (Å²) in [6.07, 6.45) is 1.15. The molecule has 0 saturated heterocycles. The number of nitrogens with zero attached hydrogens (tertiary/aromatic N) is 1. The SMILES string of the molecule is CCC(C)N(C)C(CN)c1ccc(C(C)(C)C)cc1. The molecule has 19 heavy (non-hydrogen) atoms. The highest BCUT2D eigenvalue weighted by molar-refractivity contribution is 5.29. The van der Waals surface area contributed by atoms with E-state index in [0.29, 0.717) is 18.6 Å². The highest BCUT2D eigenvalue weighted by atomic mass is 15.2. The fourth-order valence-electron chi connectivity index (χ4n) is 2.34. The molecule has 0 aromatic heterocycles. The number of hydrogen-bond donors (Lipinski definition) is 1. The first-order chi connectivity index (χ1) is 8.81. The Bertz CT molecular complexity index is 375. The van der Waals surface area contributed by atoms with Crippen molar-refractivity contribution < 1.29 is 0 Å². The predicted octanol–water partition coefficient (Wildman–Crippen LogP) is 3.71. The molecular weight excluding hydrogens is 232 g/mol. The zero-order valence-corrected chi connectivity index (χ0v) is 13.4. The maximum atomic E-state index is 5.98. The Hall–Kier alpha value is -0.860. The Balaban J connectivity index is 2.94. The second kappa shape index (κ2) is 6.53. The summed E-state index contributed by atoms with van der Waals surface area (Å²) in [5.74, 6) is 0. The van der Waals surface area contributed by atoms with Crippen LogP contribution in [0.15, 0.2) is 24.3 Å². The third kappa shape index (κ3) is 4.05. The van der Waals surface area contributed by atoms with E-state index < -0.39 is 0 Å². The van der Waals surface area contributed by atoms with Crippen LogP contribution >= 0.6 is 0 Å². The zero-order valence-electron chi connectivity index (χ0n) is 13.4. The van der Waals surface area contributed by atoms with Gasteiger partial charge in [-0.15, -0.1) is 0 Å². The molecule has 1 rings (SSSR count). The summed E-state index contributed by atoms with van der Waals surface area (Å²) in [6, 6.07) is 9.80. The first kappa shape index (κ1) is 16.2. The molecule has 2 N–H and O–H groups in total. The van der Waals surface area contributed by atoms with Gasteiger partial charge < -0.3 is 5.73 Å². The topological polar surface area (TPSA) is 29.3 Å². The molecule has 0 fully saturated rings. The lowest BCUT2D eigenvalue weighted by molar-refractivity contribution is 0.184. The van der Waals surface area contributed by atoms with Crippen LogP contribution in [0.25, 0.3) is 0 Å². The monoisotopic (exact) mass is 262 g/mol. The third-order valence-electron chi connectivity index (χ3n) is 4.16. The van der Waals surface area contributed by atoms with Crippen LogP contribution < -0.4 is 5.73 Å². The first-order valence-corrected chi connectivity index (χ1v) is 7.33. The first-order valence-electron chi connectivity index (χ1n) is 7.33. The second-order valence-electron chi connectivity index (χ2n) is 6.55. The molecule has 0 aliphatic heterocycles. The molecule has 1 aromatic carbocycles. The summed E-state index contributed by atoms with van der Waals surface area (Å²) >= 11 is 0. The maximum Gasteiger partial charge on any atom is 0.0470 e. The van der Waals surface area contributed by atoms with E-state index in [1.165, 1.54) is 11.1 Å². The van der Waals surface area contributed by atoms with Gasteiger partial charge in [-0.2, -0.15) is 0 Å². The lowest BCUT2D eigenvalue weighted by Crippen LogP contribution is -2.36. The van der Waals surface area contributed by atoms with E-state index in [1.807, 2.05) is 0 Å². The predicted molar refractivity (Wildman–Crippen MR) is 84.5 cm³/mol. The van der Waals surface area contributed by atoms with Gasteiger partial charge in [-0.25, -0.2) is 0 Å². The molecule has 0 bridgehead atoms. The van der Waals surface area contributed by atoms with E-state index >= 15 is 0 Å². The molecule has 0 saturated carbocycles. The van der Waals surface area contributed by atoms with Gasteiger partial charge in [0.05, 0.1) is 0 Å². The normalized spacial score (nSPS) is 15.6. The average Bonchev–Trinajstić information content (AvgIpc) is 2.38. The number of hydrogen-bond acceptors (Lipinski definition) is 2. The quantitative estimate of drug-likeness (QED) is 0.876. The van der Waals surface area contributed by atoms with Crippen LogP contribution in [0.1, 0.15) is 58.2 Å². The average molecular weight is 262 g/mol. The van der Waals surface area contributed by atoms with Crippen molar-refractivity contribution in [2.45, 2.75) is 58.5 Å². The third-order valence-corrected chi connectivity index (χ3v) is 4.16. The van der Waals surface area contributed by atoms with Crippen LogP contribution in [0.2, 0.25) is 0 Å². The molecule has 1 aromatic rings. The van der Waals surface area contributed by atoms with Crippen molar-refractivity contribution in [1.29, 1.82) is 0 Å². The van der Waals surface area contributed by atoms with Gasteiger partial charge >= 0.3 is 0 Å². The number of nitrogens with two attached hydrogens (primary N) is 1. The molecule has 0 aliphatic carbocycles. The summed E-state index contributed by atoms with van der Waals surface area (Å²) in [6.45, 7) is 11.9. The summed E-state index contributed by atoms with van der Waals surface area (Å²) in [4.78, 5) is 2.38. The van der Waals surface area contributed by atoms with Crippen molar-refractivity contribution in [3.05, 3.63) is 35.4 Å². The minimum atomic E-state index is 0.208. The molecule has 2 nitrogen and oxygen atoms in total. The molecule has 0 radical (unpaired) electrons. The fourth-order valence-corrected chi connectivity index (χ4v) is 2.34. The van der Waals surface area contributed by atoms with Gasteiger partial charge in [0.1, 0.15) is 0 Å². The van der Waals surface area contributed by atoms with E-state index in [4.69, 9.17) is 5.73 Å². The van der Waals surface area contributed by atoms with Crippen molar-refractivity contribution in [2.24, 2.45) is 5.73 Å². The van der Waals surface area contributed by atoms with E-state index in [1.54, 1.807) is 0 Å². The van der Waals surface area contributed by atoms with Crippen molar-refractivity contribution >= 4 is 0 Å². The molecule has 0 aliphatic rings. The Morgan fingerprint density at radius 1 is 1.16 bits per heavy atom. The van der Waals surface area contributed by atoms with E-state index in [9.17, 15) is 0 Å². The standard InChI is InChI=1S/C17H30N2/c1-7-13(2)19(6)16(12-18)14-8-10-15(11-9-14)17(3,4)5/h8-11,13,16H,7,12,18H2,1-6H3.